The molecule has 0 aliphatic rings. The number of halogens is 2. The van der Waals surface area contributed by atoms with Gasteiger partial charge in [0.25, 0.3) is 5.91 Å². The van der Waals surface area contributed by atoms with Gasteiger partial charge in [-0.25, -0.2) is 18.7 Å². The van der Waals surface area contributed by atoms with Crippen molar-refractivity contribution < 1.29 is 19.1 Å². The lowest BCUT2D eigenvalue weighted by Crippen LogP contribution is -2.21. The van der Waals surface area contributed by atoms with Crippen LogP contribution in [-0.4, -0.2) is 41.5 Å². The molecule has 0 saturated heterocycles. The number of aliphatic carboxylic acids is 1. The molecule has 0 unspecified atom stereocenters. The van der Waals surface area contributed by atoms with Gasteiger partial charge in [0.05, 0.1) is 6.54 Å². The van der Waals surface area contributed by atoms with Gasteiger partial charge >= 0.3 is 5.97 Å². The normalized spacial score (nSPS) is 10.7. The minimum Gasteiger partial charge on any atom is -0.480 e. The number of benzene rings is 1. The molecule has 3 aromatic rings. The van der Waals surface area contributed by atoms with Gasteiger partial charge < -0.3 is 5.11 Å². The molecule has 0 aliphatic heterocycles. The quantitative estimate of drug-likeness (QED) is 0.674. The second kappa shape index (κ2) is 7.31. The maximum absolute atomic E-state index is 13.1. The van der Waals surface area contributed by atoms with Gasteiger partial charge in [0.15, 0.2) is 0 Å². The number of nitrogens with one attached hydrogen (secondary N) is 1. The molecule has 0 spiro atoms. The molecule has 1 amide bonds. The van der Waals surface area contributed by atoms with E-state index in [1.807, 2.05) is 0 Å². The van der Waals surface area contributed by atoms with Gasteiger partial charge in [-0.05, 0) is 23.8 Å². The third kappa shape index (κ3) is 4.03. The number of carbonyl (C=O) groups is 2. The minimum atomic E-state index is -1.12. The highest BCUT2D eigenvalue weighted by Crippen LogP contribution is 2.18. The second-order valence-corrected chi connectivity index (χ2v) is 5.63. The van der Waals surface area contributed by atoms with E-state index in [1.165, 1.54) is 41.5 Å². The number of nitrogens with zero attached hydrogens (tertiary/aromatic N) is 5. The summed E-state index contributed by atoms with van der Waals surface area (Å²) in [5.74, 6) is -2.14. The number of anilines is 1. The molecule has 2 aromatic heterocycles. The highest BCUT2D eigenvalue weighted by Gasteiger charge is 2.16. The molecule has 0 fully saturated rings. The van der Waals surface area contributed by atoms with E-state index in [0.717, 1.165) is 4.68 Å². The molecule has 2 heterocycles. The van der Waals surface area contributed by atoms with Crippen molar-refractivity contribution in [2.45, 2.75) is 13.1 Å². The van der Waals surface area contributed by atoms with Crippen LogP contribution in [0.5, 0.6) is 0 Å². The summed E-state index contributed by atoms with van der Waals surface area (Å²) in [4.78, 5) is 26.9. The Balaban J connectivity index is 1.69. The monoisotopic (exact) mass is 378 g/mol. The molecular formula is C15H12ClFN6O3. The Kier molecular flexibility index (Phi) is 4.94. The zero-order chi connectivity index (χ0) is 18.7. The van der Waals surface area contributed by atoms with Crippen molar-refractivity contribution in [1.29, 1.82) is 0 Å². The average Bonchev–Trinajstić information content (AvgIpc) is 3.19. The molecule has 0 bridgehead atoms. The number of amides is 1. The van der Waals surface area contributed by atoms with E-state index in [4.69, 9.17) is 16.7 Å². The Morgan fingerprint density at radius 1 is 1.31 bits per heavy atom. The first-order chi connectivity index (χ1) is 12.4. The van der Waals surface area contributed by atoms with Crippen LogP contribution in [0.25, 0.3) is 0 Å². The van der Waals surface area contributed by atoms with Gasteiger partial charge in [-0.1, -0.05) is 17.7 Å². The smallest absolute Gasteiger partial charge is 0.325 e. The van der Waals surface area contributed by atoms with Gasteiger partial charge in [-0.2, -0.15) is 5.10 Å². The largest absolute Gasteiger partial charge is 0.480 e. The zero-order valence-corrected chi connectivity index (χ0v) is 13.9. The summed E-state index contributed by atoms with van der Waals surface area (Å²) in [7, 11) is 0. The number of aromatic nitrogens is 5. The number of carboxylic acid groups (broad SMARTS) is 1. The van der Waals surface area contributed by atoms with E-state index in [0.29, 0.717) is 5.56 Å². The second-order valence-electron chi connectivity index (χ2n) is 5.22. The number of rotatable bonds is 6. The van der Waals surface area contributed by atoms with Crippen LogP contribution in [0.1, 0.15) is 16.1 Å². The van der Waals surface area contributed by atoms with E-state index in [2.05, 4.69) is 20.5 Å². The summed E-state index contributed by atoms with van der Waals surface area (Å²) < 4.78 is 15.5. The standard InChI is InChI=1S/C15H12ClFN6O3/c16-11-5-10(17)2-1-9(11)6-22-8-18-15(21-22)20-14(26)12-3-4-19-23(12)7-13(24)25/h1-5,8H,6-7H2,(H,24,25)(H,20,21,26). The lowest BCUT2D eigenvalue weighted by atomic mass is 10.2. The molecular weight excluding hydrogens is 367 g/mol. The third-order valence-corrected chi connectivity index (χ3v) is 3.70. The lowest BCUT2D eigenvalue weighted by Gasteiger charge is -2.05. The molecule has 134 valence electrons. The molecule has 2 N–H and O–H groups in total. The first-order valence-corrected chi connectivity index (χ1v) is 7.68. The van der Waals surface area contributed by atoms with E-state index in [9.17, 15) is 14.0 Å². The first-order valence-electron chi connectivity index (χ1n) is 7.30. The van der Waals surface area contributed by atoms with Crippen LogP contribution in [0, 0.1) is 5.82 Å². The van der Waals surface area contributed by atoms with E-state index < -0.39 is 24.2 Å². The molecule has 9 nitrogen and oxygen atoms in total. The maximum atomic E-state index is 13.1. The molecule has 26 heavy (non-hydrogen) atoms. The van der Waals surface area contributed by atoms with Crippen LogP contribution in [0.15, 0.2) is 36.8 Å². The van der Waals surface area contributed by atoms with E-state index in [-0.39, 0.29) is 23.2 Å². The molecule has 0 aliphatic carbocycles. The molecule has 0 radical (unpaired) electrons. The molecule has 1 aromatic carbocycles. The number of hydrogen-bond acceptors (Lipinski definition) is 5. The highest BCUT2D eigenvalue weighted by molar-refractivity contribution is 6.31. The van der Waals surface area contributed by atoms with Crippen molar-refractivity contribution >= 4 is 29.4 Å². The molecule has 11 heteroatoms. The Morgan fingerprint density at radius 2 is 2.12 bits per heavy atom. The van der Waals surface area contributed by atoms with Crippen LogP contribution < -0.4 is 5.32 Å². The van der Waals surface area contributed by atoms with Crippen molar-refractivity contribution in [3.8, 4) is 0 Å². The molecule has 0 saturated carbocycles. The Bertz CT molecular complexity index is 970. The predicted molar refractivity (Wildman–Crippen MR) is 88.4 cm³/mol. The zero-order valence-electron chi connectivity index (χ0n) is 13.1. The average molecular weight is 379 g/mol. The molecule has 0 atom stereocenters. The van der Waals surface area contributed by atoms with Gasteiger partial charge in [-0.15, -0.1) is 5.10 Å². The van der Waals surface area contributed by atoms with E-state index >= 15 is 0 Å². The summed E-state index contributed by atoms with van der Waals surface area (Å²) in [6.07, 6.45) is 2.70. The summed E-state index contributed by atoms with van der Waals surface area (Å²) in [6.45, 7) is -0.209. The van der Waals surface area contributed by atoms with Crippen molar-refractivity contribution in [3.63, 3.8) is 0 Å². The summed E-state index contributed by atoms with van der Waals surface area (Å²) in [5, 5.41) is 19.4. The molecule has 3 rings (SSSR count). The fourth-order valence-corrected chi connectivity index (χ4v) is 2.42. The Morgan fingerprint density at radius 3 is 2.85 bits per heavy atom. The Labute approximate surface area is 151 Å². The van der Waals surface area contributed by atoms with Crippen molar-refractivity contribution in [3.05, 3.63) is 58.9 Å². The first kappa shape index (κ1) is 17.5. The highest BCUT2D eigenvalue weighted by atomic mass is 35.5. The van der Waals surface area contributed by atoms with Crippen molar-refractivity contribution in [2.24, 2.45) is 0 Å². The topological polar surface area (TPSA) is 115 Å². The Hall–Kier alpha value is -3.27. The summed E-state index contributed by atoms with van der Waals surface area (Å²) >= 11 is 5.97. The van der Waals surface area contributed by atoms with Crippen molar-refractivity contribution in [2.75, 3.05) is 5.32 Å². The van der Waals surface area contributed by atoms with Crippen LogP contribution in [0.3, 0.4) is 0 Å². The summed E-state index contributed by atoms with van der Waals surface area (Å²) in [6, 6.07) is 5.39. The SMILES string of the molecule is O=C(O)Cn1nccc1C(=O)Nc1ncn(Cc2ccc(F)cc2Cl)n1. The van der Waals surface area contributed by atoms with Crippen LogP contribution in [-0.2, 0) is 17.9 Å². The van der Waals surface area contributed by atoms with Gasteiger partial charge in [0, 0.05) is 11.2 Å². The summed E-state index contributed by atoms with van der Waals surface area (Å²) in [5.41, 5.74) is 0.695. The number of hydrogen-bond donors (Lipinski definition) is 2. The fraction of sp³-hybridized carbons (Fsp3) is 0.133. The minimum absolute atomic E-state index is 0.0244. The van der Waals surface area contributed by atoms with Gasteiger partial charge in [-0.3, -0.25) is 14.9 Å². The van der Waals surface area contributed by atoms with Crippen molar-refractivity contribution in [1.82, 2.24) is 24.5 Å². The van der Waals surface area contributed by atoms with Crippen LogP contribution >= 0.6 is 11.6 Å². The fourth-order valence-electron chi connectivity index (χ4n) is 2.20. The number of carboxylic acids is 1. The van der Waals surface area contributed by atoms with Gasteiger partial charge in [0.2, 0.25) is 5.95 Å². The lowest BCUT2D eigenvalue weighted by molar-refractivity contribution is -0.137. The third-order valence-electron chi connectivity index (χ3n) is 3.34. The number of carbonyl (C=O) groups excluding carboxylic acids is 1. The van der Waals surface area contributed by atoms with Crippen LogP contribution in [0.2, 0.25) is 5.02 Å². The maximum Gasteiger partial charge on any atom is 0.325 e. The van der Waals surface area contributed by atoms with E-state index in [1.54, 1.807) is 0 Å². The predicted octanol–water partition coefficient (Wildman–Crippen LogP) is 1.65. The van der Waals surface area contributed by atoms with Crippen LogP contribution in [0.4, 0.5) is 10.3 Å². The van der Waals surface area contributed by atoms with Gasteiger partial charge in [0.1, 0.15) is 24.4 Å².